The van der Waals surface area contributed by atoms with Gasteiger partial charge in [-0.1, -0.05) is 18.2 Å². The summed E-state index contributed by atoms with van der Waals surface area (Å²) < 4.78 is 16.3. The molecule has 0 radical (unpaired) electrons. The van der Waals surface area contributed by atoms with E-state index in [1.165, 1.54) is 0 Å². The lowest BCUT2D eigenvalue weighted by molar-refractivity contribution is 0.324. The first-order valence-corrected chi connectivity index (χ1v) is 10.0. The van der Waals surface area contributed by atoms with Crippen LogP contribution in [0.4, 0.5) is 29.2 Å². The fraction of sp³-hybridized carbons (Fsp3) is 0.318. The molecule has 9 nitrogen and oxygen atoms in total. The predicted octanol–water partition coefficient (Wildman–Crippen LogP) is 4.23. The first kappa shape index (κ1) is 21.9. The predicted molar refractivity (Wildman–Crippen MR) is 122 cm³/mol. The molecular formula is C22H28N6O3. The van der Waals surface area contributed by atoms with Crippen molar-refractivity contribution in [3.05, 3.63) is 42.5 Å². The highest BCUT2D eigenvalue weighted by molar-refractivity contribution is 5.66. The average Bonchev–Trinajstić information content (AvgIpc) is 2.79. The standard InChI is InChI=1S/C22H28N6O3/c1-6-28(7-2)22-26-20(23-15-11-9-8-10-12-15)25-21(27-22)24-16-13-17(29-3)19(31-5)18(14-16)30-4/h8-14H,6-7H2,1-5H3,(H2,23,24,25,26,27). The highest BCUT2D eigenvalue weighted by Crippen LogP contribution is 2.40. The van der Waals surface area contributed by atoms with Crippen molar-refractivity contribution in [1.82, 2.24) is 15.0 Å². The molecule has 0 aliphatic heterocycles. The maximum atomic E-state index is 5.44. The third-order valence-electron chi connectivity index (χ3n) is 4.62. The Labute approximate surface area is 182 Å². The number of para-hydroxylation sites is 1. The van der Waals surface area contributed by atoms with Crippen LogP contribution in [0.15, 0.2) is 42.5 Å². The second-order valence-corrected chi connectivity index (χ2v) is 6.48. The summed E-state index contributed by atoms with van der Waals surface area (Å²) in [6.07, 6.45) is 0. The summed E-state index contributed by atoms with van der Waals surface area (Å²) >= 11 is 0. The van der Waals surface area contributed by atoms with Crippen LogP contribution in [0.25, 0.3) is 0 Å². The molecule has 0 spiro atoms. The van der Waals surface area contributed by atoms with Gasteiger partial charge < -0.3 is 29.7 Å². The first-order chi connectivity index (χ1) is 15.1. The summed E-state index contributed by atoms with van der Waals surface area (Å²) in [6.45, 7) is 5.66. The fourth-order valence-electron chi connectivity index (χ4n) is 3.06. The van der Waals surface area contributed by atoms with E-state index in [-0.39, 0.29) is 0 Å². The summed E-state index contributed by atoms with van der Waals surface area (Å²) in [4.78, 5) is 15.8. The zero-order chi connectivity index (χ0) is 22.2. The van der Waals surface area contributed by atoms with Gasteiger partial charge in [-0.15, -0.1) is 0 Å². The van der Waals surface area contributed by atoms with Crippen LogP contribution in [0.3, 0.4) is 0 Å². The van der Waals surface area contributed by atoms with Gasteiger partial charge in [0.05, 0.1) is 21.3 Å². The van der Waals surface area contributed by atoms with Crippen LogP contribution < -0.4 is 29.7 Å². The fourth-order valence-corrected chi connectivity index (χ4v) is 3.06. The van der Waals surface area contributed by atoms with E-state index in [9.17, 15) is 0 Å². The van der Waals surface area contributed by atoms with E-state index in [0.717, 1.165) is 18.8 Å². The molecule has 0 atom stereocenters. The van der Waals surface area contributed by atoms with Gasteiger partial charge in [-0.2, -0.15) is 15.0 Å². The second-order valence-electron chi connectivity index (χ2n) is 6.48. The summed E-state index contributed by atoms with van der Waals surface area (Å²) in [5.41, 5.74) is 1.58. The summed E-state index contributed by atoms with van der Waals surface area (Å²) in [5.74, 6) is 2.99. The van der Waals surface area contributed by atoms with Crippen LogP contribution in [0.1, 0.15) is 13.8 Å². The van der Waals surface area contributed by atoms with Crippen LogP contribution in [0, 0.1) is 0 Å². The number of ether oxygens (including phenoxy) is 3. The van der Waals surface area contributed by atoms with Gasteiger partial charge in [-0.3, -0.25) is 0 Å². The van der Waals surface area contributed by atoms with E-state index >= 15 is 0 Å². The minimum atomic E-state index is 0.393. The lowest BCUT2D eigenvalue weighted by Crippen LogP contribution is -2.25. The largest absolute Gasteiger partial charge is 0.493 e. The molecule has 3 rings (SSSR count). The summed E-state index contributed by atoms with van der Waals surface area (Å²) in [5, 5.41) is 6.47. The number of rotatable bonds is 10. The van der Waals surface area contributed by atoms with E-state index in [4.69, 9.17) is 14.2 Å². The Balaban J connectivity index is 1.99. The van der Waals surface area contributed by atoms with Crippen molar-refractivity contribution < 1.29 is 14.2 Å². The maximum absolute atomic E-state index is 5.44. The molecule has 0 bridgehead atoms. The molecule has 1 aromatic heterocycles. The topological polar surface area (TPSA) is 93.7 Å². The zero-order valence-corrected chi connectivity index (χ0v) is 18.5. The molecule has 31 heavy (non-hydrogen) atoms. The van der Waals surface area contributed by atoms with Crippen LogP contribution in [0.5, 0.6) is 17.2 Å². The van der Waals surface area contributed by atoms with Gasteiger partial charge >= 0.3 is 0 Å². The number of benzene rings is 2. The van der Waals surface area contributed by atoms with Crippen LogP contribution in [-0.2, 0) is 0 Å². The number of hydrogen-bond donors (Lipinski definition) is 2. The van der Waals surface area contributed by atoms with Gasteiger partial charge in [0.25, 0.3) is 0 Å². The molecule has 0 saturated heterocycles. The van der Waals surface area contributed by atoms with Crippen molar-refractivity contribution in [1.29, 1.82) is 0 Å². The van der Waals surface area contributed by atoms with Crippen molar-refractivity contribution in [2.24, 2.45) is 0 Å². The third-order valence-corrected chi connectivity index (χ3v) is 4.62. The molecule has 0 fully saturated rings. The number of aromatic nitrogens is 3. The molecule has 9 heteroatoms. The lowest BCUT2D eigenvalue weighted by atomic mass is 10.2. The Morgan fingerprint density at radius 3 is 1.77 bits per heavy atom. The number of methoxy groups -OCH3 is 3. The molecule has 0 saturated carbocycles. The van der Waals surface area contributed by atoms with E-state index in [1.807, 2.05) is 30.3 Å². The molecule has 0 unspecified atom stereocenters. The minimum absolute atomic E-state index is 0.393. The molecule has 2 N–H and O–H groups in total. The quantitative estimate of drug-likeness (QED) is 0.496. The molecule has 0 aliphatic rings. The molecule has 2 aromatic carbocycles. The van der Waals surface area contributed by atoms with Crippen molar-refractivity contribution in [3.63, 3.8) is 0 Å². The van der Waals surface area contributed by atoms with Crippen molar-refractivity contribution >= 4 is 29.2 Å². The molecule has 164 valence electrons. The summed E-state index contributed by atoms with van der Waals surface area (Å²) in [6, 6.07) is 13.4. The van der Waals surface area contributed by atoms with Crippen LogP contribution >= 0.6 is 0 Å². The third kappa shape index (κ3) is 5.25. The molecule has 1 heterocycles. The minimum Gasteiger partial charge on any atom is -0.493 e. The van der Waals surface area contributed by atoms with Crippen LogP contribution in [0.2, 0.25) is 0 Å². The van der Waals surface area contributed by atoms with Crippen molar-refractivity contribution in [3.8, 4) is 17.2 Å². The van der Waals surface area contributed by atoms with Crippen molar-refractivity contribution in [2.45, 2.75) is 13.8 Å². The zero-order valence-electron chi connectivity index (χ0n) is 18.5. The Hall–Kier alpha value is -3.75. The molecule has 3 aromatic rings. The van der Waals surface area contributed by atoms with Gasteiger partial charge in [0, 0.05) is 36.6 Å². The molecular weight excluding hydrogens is 396 g/mol. The summed E-state index contributed by atoms with van der Waals surface area (Å²) in [7, 11) is 4.71. The molecule has 0 aliphatic carbocycles. The van der Waals surface area contributed by atoms with E-state index in [2.05, 4.69) is 44.3 Å². The highest BCUT2D eigenvalue weighted by Gasteiger charge is 2.16. The van der Waals surface area contributed by atoms with Gasteiger partial charge in [0.15, 0.2) is 11.5 Å². The van der Waals surface area contributed by atoms with E-state index in [0.29, 0.717) is 40.8 Å². The van der Waals surface area contributed by atoms with E-state index < -0.39 is 0 Å². The number of nitrogens with zero attached hydrogens (tertiary/aromatic N) is 4. The highest BCUT2D eigenvalue weighted by atomic mass is 16.5. The van der Waals surface area contributed by atoms with Crippen LogP contribution in [-0.4, -0.2) is 49.4 Å². The SMILES string of the molecule is CCN(CC)c1nc(Nc2ccccc2)nc(Nc2cc(OC)c(OC)c(OC)c2)n1. The Morgan fingerprint density at radius 2 is 1.29 bits per heavy atom. The second kappa shape index (κ2) is 10.3. The Kier molecular flexibility index (Phi) is 7.31. The van der Waals surface area contributed by atoms with Gasteiger partial charge in [-0.25, -0.2) is 0 Å². The number of hydrogen-bond acceptors (Lipinski definition) is 9. The van der Waals surface area contributed by atoms with E-state index in [1.54, 1.807) is 33.5 Å². The monoisotopic (exact) mass is 424 g/mol. The number of nitrogens with one attached hydrogen (secondary N) is 2. The van der Waals surface area contributed by atoms with Crippen molar-refractivity contribution in [2.75, 3.05) is 50.0 Å². The Bertz CT molecular complexity index is 971. The normalized spacial score (nSPS) is 10.4. The first-order valence-electron chi connectivity index (χ1n) is 10.0. The maximum Gasteiger partial charge on any atom is 0.233 e. The van der Waals surface area contributed by atoms with Gasteiger partial charge in [0.2, 0.25) is 23.6 Å². The lowest BCUT2D eigenvalue weighted by Gasteiger charge is -2.20. The number of anilines is 5. The Morgan fingerprint density at radius 1 is 0.742 bits per heavy atom. The average molecular weight is 425 g/mol. The van der Waals surface area contributed by atoms with Gasteiger partial charge in [-0.05, 0) is 26.0 Å². The molecule has 0 amide bonds. The van der Waals surface area contributed by atoms with Gasteiger partial charge in [0.1, 0.15) is 0 Å². The smallest absolute Gasteiger partial charge is 0.233 e.